The Balaban J connectivity index is 2.17. The molecule has 0 aliphatic carbocycles. The van der Waals surface area contributed by atoms with Gasteiger partial charge in [0.15, 0.2) is 0 Å². The van der Waals surface area contributed by atoms with E-state index in [4.69, 9.17) is 5.11 Å². The molecule has 1 heterocycles. The fraction of sp³-hybridized carbons (Fsp3) is 0.400. The highest BCUT2D eigenvalue weighted by molar-refractivity contribution is 8.00. The Morgan fingerprint density at radius 2 is 2.18 bits per heavy atom. The lowest BCUT2D eigenvalue weighted by molar-refractivity contribution is -0.138. The molecule has 0 fully saturated rings. The maximum atomic E-state index is 12.3. The number of benzene rings is 1. The molecular weight excluding hydrogens is 304 g/mol. The van der Waals surface area contributed by atoms with Gasteiger partial charge in [-0.3, -0.25) is 14.4 Å². The maximum absolute atomic E-state index is 12.3. The van der Waals surface area contributed by atoms with Crippen LogP contribution in [0.15, 0.2) is 23.1 Å². The monoisotopic (exact) mass is 322 g/mol. The van der Waals surface area contributed by atoms with Crippen molar-refractivity contribution in [2.24, 2.45) is 0 Å². The summed E-state index contributed by atoms with van der Waals surface area (Å²) in [5.74, 6) is -1.04. The fourth-order valence-corrected chi connectivity index (χ4v) is 2.95. The van der Waals surface area contributed by atoms with E-state index in [1.54, 1.807) is 25.1 Å². The van der Waals surface area contributed by atoms with Crippen LogP contribution in [0.4, 0.5) is 5.69 Å². The summed E-state index contributed by atoms with van der Waals surface area (Å²) in [5.41, 5.74) is 0.202. The molecule has 1 aliphatic heterocycles. The summed E-state index contributed by atoms with van der Waals surface area (Å²) >= 11 is 1.42. The SMILES string of the molecule is CCC(C)(CC(=O)O)NC(=O)c1ccc2c(c1)NC(=O)CS2. The summed E-state index contributed by atoms with van der Waals surface area (Å²) in [6.07, 6.45) is 0.356. The molecule has 118 valence electrons. The molecule has 0 aromatic heterocycles. The molecule has 0 spiro atoms. The predicted octanol–water partition coefficient (Wildman–Crippen LogP) is 2.10. The van der Waals surface area contributed by atoms with Crippen molar-refractivity contribution in [2.45, 2.75) is 37.1 Å². The lowest BCUT2D eigenvalue weighted by Gasteiger charge is -2.28. The Labute approximate surface area is 132 Å². The molecular formula is C15H18N2O4S. The van der Waals surface area contributed by atoms with Gasteiger partial charge in [0.1, 0.15) is 0 Å². The molecule has 1 aromatic carbocycles. The molecule has 3 N–H and O–H groups in total. The quantitative estimate of drug-likeness (QED) is 0.771. The smallest absolute Gasteiger partial charge is 0.305 e. The highest BCUT2D eigenvalue weighted by Gasteiger charge is 2.28. The highest BCUT2D eigenvalue weighted by Crippen LogP contribution is 2.32. The van der Waals surface area contributed by atoms with E-state index in [9.17, 15) is 14.4 Å². The third-order valence-electron chi connectivity index (χ3n) is 3.61. The van der Waals surface area contributed by atoms with E-state index in [0.717, 1.165) is 4.90 Å². The topological polar surface area (TPSA) is 95.5 Å². The molecule has 2 amide bonds. The third-order valence-corrected chi connectivity index (χ3v) is 4.69. The number of carboxylic acid groups (broad SMARTS) is 1. The van der Waals surface area contributed by atoms with Gasteiger partial charge >= 0.3 is 5.97 Å². The zero-order chi connectivity index (χ0) is 16.3. The lowest BCUT2D eigenvalue weighted by Crippen LogP contribution is -2.47. The van der Waals surface area contributed by atoms with Crippen LogP contribution in [0.5, 0.6) is 0 Å². The van der Waals surface area contributed by atoms with Crippen molar-refractivity contribution in [1.82, 2.24) is 5.32 Å². The Bertz CT molecular complexity index is 632. The van der Waals surface area contributed by atoms with E-state index < -0.39 is 11.5 Å². The Morgan fingerprint density at radius 3 is 2.82 bits per heavy atom. The number of anilines is 1. The van der Waals surface area contributed by atoms with Gasteiger partial charge in [-0.2, -0.15) is 0 Å². The van der Waals surface area contributed by atoms with Crippen molar-refractivity contribution < 1.29 is 19.5 Å². The van der Waals surface area contributed by atoms with Crippen LogP contribution in [0.25, 0.3) is 0 Å². The zero-order valence-electron chi connectivity index (χ0n) is 12.4. The van der Waals surface area contributed by atoms with Gasteiger partial charge in [0, 0.05) is 16.0 Å². The number of carbonyl (C=O) groups excluding carboxylic acids is 2. The predicted molar refractivity (Wildman–Crippen MR) is 84.2 cm³/mol. The molecule has 6 nitrogen and oxygen atoms in total. The van der Waals surface area contributed by atoms with Gasteiger partial charge in [0.05, 0.1) is 17.9 Å². The van der Waals surface area contributed by atoms with Gasteiger partial charge in [-0.15, -0.1) is 11.8 Å². The molecule has 1 aromatic rings. The van der Waals surface area contributed by atoms with Gasteiger partial charge in [-0.1, -0.05) is 6.92 Å². The van der Waals surface area contributed by atoms with Crippen molar-refractivity contribution in [3.8, 4) is 0 Å². The first kappa shape index (κ1) is 16.4. The van der Waals surface area contributed by atoms with Crippen LogP contribution >= 0.6 is 11.8 Å². The molecule has 7 heteroatoms. The Kier molecular flexibility index (Phi) is 4.75. The Hall–Kier alpha value is -2.02. The van der Waals surface area contributed by atoms with Gasteiger partial charge in [-0.25, -0.2) is 0 Å². The summed E-state index contributed by atoms with van der Waals surface area (Å²) in [5, 5.41) is 14.4. The van der Waals surface area contributed by atoms with Crippen LogP contribution < -0.4 is 10.6 Å². The van der Waals surface area contributed by atoms with Crippen LogP contribution in [0, 0.1) is 0 Å². The number of rotatable bonds is 5. The average Bonchev–Trinajstić information content (AvgIpc) is 2.45. The van der Waals surface area contributed by atoms with Gasteiger partial charge < -0.3 is 15.7 Å². The number of carboxylic acids is 1. The fourth-order valence-electron chi connectivity index (χ4n) is 2.16. The molecule has 2 rings (SSSR count). The maximum Gasteiger partial charge on any atom is 0.305 e. The number of amides is 2. The van der Waals surface area contributed by atoms with Crippen molar-refractivity contribution in [1.29, 1.82) is 0 Å². The van der Waals surface area contributed by atoms with E-state index >= 15 is 0 Å². The first-order valence-corrected chi connectivity index (χ1v) is 7.92. The number of hydrogen-bond acceptors (Lipinski definition) is 4. The molecule has 1 aliphatic rings. The molecule has 0 saturated carbocycles. The number of aliphatic carboxylic acids is 1. The lowest BCUT2D eigenvalue weighted by atomic mass is 9.94. The third kappa shape index (κ3) is 3.79. The summed E-state index contributed by atoms with van der Waals surface area (Å²) in [6, 6.07) is 5.08. The largest absolute Gasteiger partial charge is 0.481 e. The van der Waals surface area contributed by atoms with Crippen LogP contribution in [0.1, 0.15) is 37.0 Å². The van der Waals surface area contributed by atoms with E-state index in [0.29, 0.717) is 23.4 Å². The highest BCUT2D eigenvalue weighted by atomic mass is 32.2. The minimum atomic E-state index is -0.959. The second kappa shape index (κ2) is 6.39. The summed E-state index contributed by atoms with van der Waals surface area (Å²) in [4.78, 5) is 35.6. The van der Waals surface area contributed by atoms with E-state index in [2.05, 4.69) is 10.6 Å². The second-order valence-electron chi connectivity index (χ2n) is 5.49. The standard InChI is InChI=1S/C15H18N2O4S/c1-3-15(2,7-13(19)20)17-14(21)9-4-5-11-10(6-9)16-12(18)8-22-11/h4-6H,3,7-8H2,1-2H3,(H,16,18)(H,17,21)(H,19,20). The molecule has 1 unspecified atom stereocenters. The molecule has 0 bridgehead atoms. The van der Waals surface area contributed by atoms with E-state index in [1.165, 1.54) is 11.8 Å². The van der Waals surface area contributed by atoms with Gasteiger partial charge in [-0.05, 0) is 31.5 Å². The number of fused-ring (bicyclic) bond motifs is 1. The van der Waals surface area contributed by atoms with Gasteiger partial charge in [0.25, 0.3) is 5.91 Å². The van der Waals surface area contributed by atoms with Crippen molar-refractivity contribution in [3.63, 3.8) is 0 Å². The first-order chi connectivity index (χ1) is 10.3. The Morgan fingerprint density at radius 1 is 1.45 bits per heavy atom. The van der Waals surface area contributed by atoms with Crippen molar-refractivity contribution >= 4 is 35.2 Å². The van der Waals surface area contributed by atoms with Gasteiger partial charge in [0.2, 0.25) is 5.91 Å². The molecule has 1 atom stereocenters. The van der Waals surface area contributed by atoms with Crippen LogP contribution in [-0.2, 0) is 9.59 Å². The zero-order valence-corrected chi connectivity index (χ0v) is 13.3. The normalized spacial score (nSPS) is 16.2. The molecule has 22 heavy (non-hydrogen) atoms. The van der Waals surface area contributed by atoms with Crippen LogP contribution in [-0.4, -0.2) is 34.2 Å². The average molecular weight is 322 g/mol. The minimum Gasteiger partial charge on any atom is -0.481 e. The molecule has 0 radical (unpaired) electrons. The van der Waals surface area contributed by atoms with Crippen LogP contribution in [0.3, 0.4) is 0 Å². The number of nitrogens with one attached hydrogen (secondary N) is 2. The first-order valence-electron chi connectivity index (χ1n) is 6.94. The summed E-state index contributed by atoms with van der Waals surface area (Å²) in [7, 11) is 0. The van der Waals surface area contributed by atoms with E-state index in [-0.39, 0.29) is 18.2 Å². The number of carbonyl (C=O) groups is 3. The van der Waals surface area contributed by atoms with E-state index in [1.807, 2.05) is 6.92 Å². The minimum absolute atomic E-state index is 0.0978. The molecule has 0 saturated heterocycles. The number of hydrogen-bond donors (Lipinski definition) is 3. The van der Waals surface area contributed by atoms with Crippen LogP contribution in [0.2, 0.25) is 0 Å². The summed E-state index contributed by atoms with van der Waals surface area (Å²) in [6.45, 7) is 3.53. The van der Waals surface area contributed by atoms with Crippen molar-refractivity contribution in [3.05, 3.63) is 23.8 Å². The summed E-state index contributed by atoms with van der Waals surface area (Å²) < 4.78 is 0. The van der Waals surface area contributed by atoms with Crippen molar-refractivity contribution in [2.75, 3.05) is 11.1 Å². The number of thioether (sulfide) groups is 1. The second-order valence-corrected chi connectivity index (χ2v) is 6.50.